The molecule has 2 saturated carbocycles. The fraction of sp³-hybridized carbons (Fsp3) is 1.00. The van der Waals surface area contributed by atoms with Gasteiger partial charge in [0.05, 0.1) is 12.7 Å². The third kappa shape index (κ3) is 2.21. The number of hydrogen-bond acceptors (Lipinski definition) is 2. The van der Waals surface area contributed by atoms with Gasteiger partial charge in [-0.15, -0.1) is 0 Å². The van der Waals surface area contributed by atoms with E-state index >= 15 is 0 Å². The van der Waals surface area contributed by atoms with E-state index in [0.717, 1.165) is 19.4 Å². The lowest BCUT2D eigenvalue weighted by Crippen LogP contribution is -2.40. The molecule has 0 aliphatic heterocycles. The summed E-state index contributed by atoms with van der Waals surface area (Å²) in [6, 6.07) is 0. The topological polar surface area (TPSA) is 35.2 Å². The van der Waals surface area contributed by atoms with Crippen LogP contribution in [0.1, 0.15) is 53.4 Å². The van der Waals surface area contributed by atoms with Crippen LogP contribution >= 0.6 is 0 Å². The molecule has 0 atom stereocenters. The molecule has 0 aromatic heterocycles. The van der Waals surface area contributed by atoms with E-state index in [1.54, 1.807) is 0 Å². The lowest BCUT2D eigenvalue weighted by atomic mass is 9.81. The van der Waals surface area contributed by atoms with Gasteiger partial charge in [0, 0.05) is 5.54 Å². The highest BCUT2D eigenvalue weighted by Crippen LogP contribution is 2.51. The predicted molar refractivity (Wildman–Crippen MR) is 62.7 cm³/mol. The summed E-state index contributed by atoms with van der Waals surface area (Å²) in [6.45, 7) is 10.0. The van der Waals surface area contributed by atoms with Gasteiger partial charge in [-0.3, -0.25) is 0 Å². The molecule has 2 fully saturated rings. The van der Waals surface area contributed by atoms with Gasteiger partial charge in [-0.2, -0.15) is 0 Å². The lowest BCUT2D eigenvalue weighted by molar-refractivity contribution is -0.0651. The van der Waals surface area contributed by atoms with Crippen molar-refractivity contribution in [1.29, 1.82) is 0 Å². The number of nitrogens with two attached hydrogens (primary N) is 1. The van der Waals surface area contributed by atoms with E-state index in [4.69, 9.17) is 10.5 Å². The minimum atomic E-state index is 0.0226. The summed E-state index contributed by atoms with van der Waals surface area (Å²) < 4.78 is 6.14. The van der Waals surface area contributed by atoms with Crippen molar-refractivity contribution in [2.75, 3.05) is 6.61 Å². The summed E-state index contributed by atoms with van der Waals surface area (Å²) in [6.07, 6.45) is 5.18. The molecular formula is C13H25NO. The first kappa shape index (κ1) is 11.4. The second-order valence-corrected chi connectivity index (χ2v) is 7.03. The molecule has 0 bridgehead atoms. The maximum atomic E-state index is 6.14. The maximum absolute atomic E-state index is 6.14. The van der Waals surface area contributed by atoms with Crippen LogP contribution in [0.4, 0.5) is 0 Å². The molecule has 0 spiro atoms. The third-order valence-electron chi connectivity index (χ3n) is 4.26. The highest BCUT2D eigenvalue weighted by Gasteiger charge is 2.49. The van der Waals surface area contributed by atoms with Crippen LogP contribution < -0.4 is 5.73 Å². The Morgan fingerprint density at radius 2 is 1.47 bits per heavy atom. The maximum Gasteiger partial charge on any atom is 0.0677 e. The Hall–Kier alpha value is -0.0800. The molecule has 0 radical (unpaired) electrons. The molecule has 2 rings (SSSR count). The van der Waals surface area contributed by atoms with E-state index in [0.29, 0.717) is 16.9 Å². The summed E-state index contributed by atoms with van der Waals surface area (Å²) >= 11 is 0. The van der Waals surface area contributed by atoms with E-state index < -0.39 is 0 Å². The quantitative estimate of drug-likeness (QED) is 0.779. The first-order valence-corrected chi connectivity index (χ1v) is 6.16. The van der Waals surface area contributed by atoms with E-state index in [9.17, 15) is 0 Å². The van der Waals surface area contributed by atoms with E-state index in [1.165, 1.54) is 12.8 Å². The number of rotatable bonds is 3. The molecule has 0 aromatic rings. The van der Waals surface area contributed by atoms with E-state index in [2.05, 4.69) is 27.7 Å². The van der Waals surface area contributed by atoms with Gasteiger partial charge < -0.3 is 10.5 Å². The standard InChI is InChI=1S/C13H25NO/c1-11(2)5-6-12(3,4)10(11)15-9-13(14)7-8-13/h10H,5-9,14H2,1-4H3. The summed E-state index contributed by atoms with van der Waals surface area (Å²) in [5, 5.41) is 0. The SMILES string of the molecule is CC1(C)CCC(C)(C)C1OCC1(N)CC1. The van der Waals surface area contributed by atoms with Gasteiger partial charge in [-0.05, 0) is 36.5 Å². The van der Waals surface area contributed by atoms with Gasteiger partial charge in [-0.1, -0.05) is 27.7 Å². The largest absolute Gasteiger partial charge is 0.375 e. The molecule has 88 valence electrons. The van der Waals surface area contributed by atoms with Crippen LogP contribution in [0.2, 0.25) is 0 Å². The minimum Gasteiger partial charge on any atom is -0.375 e. The zero-order chi connectivity index (χ0) is 11.3. The van der Waals surface area contributed by atoms with Crippen molar-refractivity contribution in [3.63, 3.8) is 0 Å². The molecule has 0 unspecified atom stereocenters. The second-order valence-electron chi connectivity index (χ2n) is 7.03. The van der Waals surface area contributed by atoms with E-state index in [-0.39, 0.29) is 5.54 Å². The van der Waals surface area contributed by atoms with Crippen molar-refractivity contribution in [1.82, 2.24) is 0 Å². The summed E-state index contributed by atoms with van der Waals surface area (Å²) in [7, 11) is 0. The molecule has 0 amide bonds. The zero-order valence-electron chi connectivity index (χ0n) is 10.6. The van der Waals surface area contributed by atoms with Gasteiger partial charge in [0.1, 0.15) is 0 Å². The number of hydrogen-bond donors (Lipinski definition) is 1. The Kier molecular flexibility index (Phi) is 2.44. The average molecular weight is 211 g/mol. The molecule has 15 heavy (non-hydrogen) atoms. The first-order valence-electron chi connectivity index (χ1n) is 6.16. The Morgan fingerprint density at radius 3 is 1.87 bits per heavy atom. The van der Waals surface area contributed by atoms with Crippen molar-refractivity contribution in [2.24, 2.45) is 16.6 Å². The summed E-state index contributed by atoms with van der Waals surface area (Å²) in [4.78, 5) is 0. The molecule has 0 saturated heterocycles. The van der Waals surface area contributed by atoms with Crippen LogP contribution in [-0.2, 0) is 4.74 Å². The van der Waals surface area contributed by atoms with Gasteiger partial charge >= 0.3 is 0 Å². The van der Waals surface area contributed by atoms with E-state index in [1.807, 2.05) is 0 Å². The summed E-state index contributed by atoms with van der Waals surface area (Å²) in [5.74, 6) is 0. The van der Waals surface area contributed by atoms with Crippen LogP contribution in [0.15, 0.2) is 0 Å². The van der Waals surface area contributed by atoms with Crippen molar-refractivity contribution < 1.29 is 4.74 Å². The Balaban J connectivity index is 1.98. The van der Waals surface area contributed by atoms with Crippen LogP contribution in [-0.4, -0.2) is 18.2 Å². The molecule has 2 aliphatic rings. The molecular weight excluding hydrogens is 186 g/mol. The van der Waals surface area contributed by atoms with Crippen molar-refractivity contribution in [3.05, 3.63) is 0 Å². The molecule has 2 aliphatic carbocycles. The van der Waals surface area contributed by atoms with Gasteiger partial charge in [0.15, 0.2) is 0 Å². The fourth-order valence-corrected chi connectivity index (χ4v) is 2.97. The fourth-order valence-electron chi connectivity index (χ4n) is 2.97. The van der Waals surface area contributed by atoms with Crippen LogP contribution in [0.25, 0.3) is 0 Å². The minimum absolute atomic E-state index is 0.0226. The van der Waals surface area contributed by atoms with Gasteiger partial charge in [0.25, 0.3) is 0 Å². The average Bonchev–Trinajstić information content (AvgIpc) is 2.76. The Morgan fingerprint density at radius 1 is 1.00 bits per heavy atom. The molecule has 0 aromatic carbocycles. The van der Waals surface area contributed by atoms with Crippen LogP contribution in [0.3, 0.4) is 0 Å². The van der Waals surface area contributed by atoms with Crippen LogP contribution in [0, 0.1) is 10.8 Å². The van der Waals surface area contributed by atoms with Crippen molar-refractivity contribution >= 4 is 0 Å². The smallest absolute Gasteiger partial charge is 0.0677 e. The van der Waals surface area contributed by atoms with Crippen molar-refractivity contribution in [3.8, 4) is 0 Å². The third-order valence-corrected chi connectivity index (χ3v) is 4.26. The monoisotopic (exact) mass is 211 g/mol. The van der Waals surface area contributed by atoms with Crippen LogP contribution in [0.5, 0.6) is 0 Å². The Labute approximate surface area is 93.6 Å². The predicted octanol–water partition coefficient (Wildman–Crippen LogP) is 2.71. The van der Waals surface area contributed by atoms with Gasteiger partial charge in [0.2, 0.25) is 0 Å². The molecule has 0 heterocycles. The molecule has 2 heteroatoms. The highest BCUT2D eigenvalue weighted by molar-refractivity contribution is 5.02. The zero-order valence-corrected chi connectivity index (χ0v) is 10.6. The Bertz CT molecular complexity index is 237. The summed E-state index contributed by atoms with van der Waals surface area (Å²) in [5.41, 5.74) is 6.73. The lowest BCUT2D eigenvalue weighted by Gasteiger charge is -2.36. The molecule has 2 N–H and O–H groups in total. The normalized spacial score (nSPS) is 31.8. The second kappa shape index (κ2) is 3.21. The number of ether oxygens (including phenoxy) is 1. The van der Waals surface area contributed by atoms with Crippen molar-refractivity contribution in [2.45, 2.75) is 65.0 Å². The highest BCUT2D eigenvalue weighted by atomic mass is 16.5. The van der Waals surface area contributed by atoms with Gasteiger partial charge in [-0.25, -0.2) is 0 Å². The molecule has 2 nitrogen and oxygen atoms in total. The first-order chi connectivity index (χ1) is 6.75.